The summed E-state index contributed by atoms with van der Waals surface area (Å²) in [6.07, 6.45) is 1.16. The normalized spacial score (nSPS) is 12.4. The first-order chi connectivity index (χ1) is 17.1. The van der Waals surface area contributed by atoms with Crippen molar-refractivity contribution < 1.29 is 29.7 Å². The number of benzene rings is 3. The summed E-state index contributed by atoms with van der Waals surface area (Å²) in [6, 6.07) is 25.6. The standard InChI is InChI=1S/3C9H11NO2/c3*10-8(9(11)12)6-7-4-2-1-3-5-7/h3*1-5,8H,6,10H2,(H,11,12)/t3*8-/m000/s1. The maximum atomic E-state index is 10.4. The quantitative estimate of drug-likeness (QED) is 0.257. The number of carbonyl (C=O) groups is 3. The Balaban J connectivity index is 0.000000270. The molecule has 9 heteroatoms. The Kier molecular flexibility index (Phi) is 13.8. The van der Waals surface area contributed by atoms with Crippen molar-refractivity contribution in [2.75, 3.05) is 0 Å². The van der Waals surface area contributed by atoms with Gasteiger partial charge in [-0.2, -0.15) is 0 Å². The van der Waals surface area contributed by atoms with Crippen LogP contribution >= 0.6 is 0 Å². The molecule has 3 rings (SSSR count). The Labute approximate surface area is 210 Å². The van der Waals surface area contributed by atoms with Gasteiger partial charge < -0.3 is 32.5 Å². The molecule has 0 saturated carbocycles. The van der Waals surface area contributed by atoms with Crippen molar-refractivity contribution in [2.45, 2.75) is 37.4 Å². The zero-order chi connectivity index (χ0) is 26.9. The average molecular weight is 496 g/mol. The third-order valence-electron chi connectivity index (χ3n) is 4.85. The van der Waals surface area contributed by atoms with Crippen molar-refractivity contribution in [1.82, 2.24) is 0 Å². The van der Waals surface area contributed by atoms with E-state index in [1.165, 1.54) is 0 Å². The van der Waals surface area contributed by atoms with Gasteiger partial charge in [0.15, 0.2) is 0 Å². The molecule has 0 saturated heterocycles. The van der Waals surface area contributed by atoms with Gasteiger partial charge in [-0.1, -0.05) is 91.0 Å². The maximum Gasteiger partial charge on any atom is 0.320 e. The maximum absolute atomic E-state index is 10.4. The van der Waals surface area contributed by atoms with Crippen molar-refractivity contribution >= 4 is 17.9 Å². The van der Waals surface area contributed by atoms with Crippen LogP contribution in [0.4, 0.5) is 0 Å². The van der Waals surface area contributed by atoms with Gasteiger partial charge >= 0.3 is 17.9 Å². The van der Waals surface area contributed by atoms with Gasteiger partial charge in [0.2, 0.25) is 0 Å². The van der Waals surface area contributed by atoms with Crippen LogP contribution < -0.4 is 17.2 Å². The van der Waals surface area contributed by atoms with E-state index >= 15 is 0 Å². The summed E-state index contributed by atoms with van der Waals surface area (Å²) >= 11 is 0. The lowest BCUT2D eigenvalue weighted by Gasteiger charge is -2.04. The van der Waals surface area contributed by atoms with Gasteiger partial charge in [-0.05, 0) is 36.0 Å². The van der Waals surface area contributed by atoms with E-state index in [0.717, 1.165) is 16.7 Å². The summed E-state index contributed by atoms with van der Waals surface area (Å²) in [5.41, 5.74) is 18.9. The Morgan fingerprint density at radius 1 is 0.472 bits per heavy atom. The van der Waals surface area contributed by atoms with E-state index in [9.17, 15) is 14.4 Å². The molecule has 0 aromatic heterocycles. The molecule has 3 atom stereocenters. The minimum atomic E-state index is -0.959. The van der Waals surface area contributed by atoms with Crippen LogP contribution in [0.15, 0.2) is 91.0 Å². The highest BCUT2D eigenvalue weighted by Gasteiger charge is 2.12. The summed E-state index contributed by atoms with van der Waals surface area (Å²) < 4.78 is 0. The molecule has 0 spiro atoms. The molecule has 0 aliphatic carbocycles. The monoisotopic (exact) mass is 495 g/mol. The molecule has 3 aromatic carbocycles. The number of aliphatic carboxylic acids is 3. The number of carboxylic acids is 3. The predicted octanol–water partition coefficient (Wildman–Crippen LogP) is 1.92. The highest BCUT2D eigenvalue weighted by Crippen LogP contribution is 2.03. The van der Waals surface area contributed by atoms with Gasteiger partial charge in [0, 0.05) is 0 Å². The Morgan fingerprint density at radius 3 is 0.833 bits per heavy atom. The minimum Gasteiger partial charge on any atom is -0.480 e. The topological polar surface area (TPSA) is 190 Å². The number of nitrogens with two attached hydrogens (primary N) is 3. The molecule has 192 valence electrons. The molecule has 0 radical (unpaired) electrons. The average Bonchev–Trinajstić information content (AvgIpc) is 2.86. The number of hydrogen-bond acceptors (Lipinski definition) is 6. The number of hydrogen-bond donors (Lipinski definition) is 6. The summed E-state index contributed by atoms with van der Waals surface area (Å²) in [7, 11) is 0. The first kappa shape index (κ1) is 30.0. The smallest absolute Gasteiger partial charge is 0.320 e. The fourth-order valence-electron chi connectivity index (χ4n) is 2.87. The lowest BCUT2D eigenvalue weighted by atomic mass is 10.1. The van der Waals surface area contributed by atoms with Gasteiger partial charge in [0.05, 0.1) is 0 Å². The second-order valence-electron chi connectivity index (χ2n) is 7.90. The largest absolute Gasteiger partial charge is 0.480 e. The summed E-state index contributed by atoms with van der Waals surface area (Å²) in [4.78, 5) is 31.1. The van der Waals surface area contributed by atoms with Crippen LogP contribution in [-0.4, -0.2) is 51.4 Å². The molecule has 9 N–H and O–H groups in total. The van der Waals surface area contributed by atoms with Crippen molar-refractivity contribution in [3.8, 4) is 0 Å². The van der Waals surface area contributed by atoms with Crippen LogP contribution in [0.1, 0.15) is 16.7 Å². The van der Waals surface area contributed by atoms with Crippen LogP contribution in [0.25, 0.3) is 0 Å². The Morgan fingerprint density at radius 2 is 0.667 bits per heavy atom. The fourth-order valence-corrected chi connectivity index (χ4v) is 2.87. The number of carboxylic acid groups (broad SMARTS) is 3. The summed E-state index contributed by atoms with van der Waals surface area (Å²) in [5, 5.41) is 25.6. The van der Waals surface area contributed by atoms with Crippen LogP contribution in [0, 0.1) is 0 Å². The highest BCUT2D eigenvalue weighted by atomic mass is 16.4. The van der Waals surface area contributed by atoms with E-state index in [2.05, 4.69) is 0 Å². The van der Waals surface area contributed by atoms with E-state index in [1.54, 1.807) is 0 Å². The molecule has 0 bridgehead atoms. The second-order valence-corrected chi connectivity index (χ2v) is 7.90. The van der Waals surface area contributed by atoms with Crippen LogP contribution in [0.5, 0.6) is 0 Å². The van der Waals surface area contributed by atoms with E-state index in [-0.39, 0.29) is 0 Å². The first-order valence-corrected chi connectivity index (χ1v) is 11.2. The molecule has 0 aliphatic heterocycles. The molecular weight excluding hydrogens is 462 g/mol. The van der Waals surface area contributed by atoms with Crippen molar-refractivity contribution in [3.63, 3.8) is 0 Å². The molecule has 3 aromatic rings. The van der Waals surface area contributed by atoms with Gasteiger partial charge in [-0.3, -0.25) is 14.4 Å². The van der Waals surface area contributed by atoms with Gasteiger partial charge in [-0.25, -0.2) is 0 Å². The summed E-state index contributed by atoms with van der Waals surface area (Å²) in [6.45, 7) is 0. The van der Waals surface area contributed by atoms with Crippen LogP contribution in [0.2, 0.25) is 0 Å². The lowest BCUT2D eigenvalue weighted by molar-refractivity contribution is -0.139. The minimum absolute atomic E-state index is 0.385. The van der Waals surface area contributed by atoms with Crippen molar-refractivity contribution in [3.05, 3.63) is 108 Å². The highest BCUT2D eigenvalue weighted by molar-refractivity contribution is 5.74. The number of rotatable bonds is 9. The van der Waals surface area contributed by atoms with Gasteiger partial charge in [0.25, 0.3) is 0 Å². The molecule has 9 nitrogen and oxygen atoms in total. The van der Waals surface area contributed by atoms with E-state index in [4.69, 9.17) is 32.5 Å². The summed E-state index contributed by atoms with van der Waals surface area (Å²) in [5.74, 6) is -2.88. The molecule has 36 heavy (non-hydrogen) atoms. The van der Waals surface area contributed by atoms with Crippen LogP contribution in [0.3, 0.4) is 0 Å². The molecule has 0 unspecified atom stereocenters. The van der Waals surface area contributed by atoms with Crippen molar-refractivity contribution in [2.24, 2.45) is 17.2 Å². The Bertz CT molecular complexity index is 912. The van der Waals surface area contributed by atoms with E-state index in [0.29, 0.717) is 19.3 Å². The van der Waals surface area contributed by atoms with Gasteiger partial charge in [0.1, 0.15) is 18.1 Å². The molecule has 0 heterocycles. The Hall–Kier alpha value is -4.05. The van der Waals surface area contributed by atoms with E-state index in [1.807, 2.05) is 91.0 Å². The van der Waals surface area contributed by atoms with E-state index < -0.39 is 36.0 Å². The van der Waals surface area contributed by atoms with Crippen LogP contribution in [-0.2, 0) is 33.6 Å². The molecule has 0 fully saturated rings. The second kappa shape index (κ2) is 16.6. The predicted molar refractivity (Wildman–Crippen MR) is 137 cm³/mol. The third-order valence-corrected chi connectivity index (χ3v) is 4.85. The lowest BCUT2D eigenvalue weighted by Crippen LogP contribution is -2.32. The SMILES string of the molecule is N[C@@H](Cc1ccccc1)C(=O)O.N[C@@H](Cc1ccccc1)C(=O)O.N[C@@H](Cc1ccccc1)C(=O)O. The zero-order valence-corrected chi connectivity index (χ0v) is 19.8. The fraction of sp³-hybridized carbons (Fsp3) is 0.222. The molecule has 0 aliphatic rings. The first-order valence-electron chi connectivity index (χ1n) is 11.2. The zero-order valence-electron chi connectivity index (χ0n) is 19.8. The van der Waals surface area contributed by atoms with Crippen molar-refractivity contribution in [1.29, 1.82) is 0 Å². The third kappa shape index (κ3) is 13.0. The molecule has 0 amide bonds. The van der Waals surface area contributed by atoms with Gasteiger partial charge in [-0.15, -0.1) is 0 Å². The molecular formula is C27H33N3O6.